The van der Waals surface area contributed by atoms with E-state index in [9.17, 15) is 14.7 Å². The standard InChI is InChI=1S/C15H17NO3/c17-12-6-2-1-5-11(12)10-16-13(18)9-15(14(16)19)7-3-4-8-15/h1-2,5-6,17H,3-4,7-10H2. The first-order chi connectivity index (χ1) is 9.12. The van der Waals surface area contributed by atoms with Gasteiger partial charge in [-0.25, -0.2) is 0 Å². The average molecular weight is 259 g/mol. The molecule has 0 aromatic heterocycles. The topological polar surface area (TPSA) is 57.6 Å². The summed E-state index contributed by atoms with van der Waals surface area (Å²) in [6, 6.07) is 6.84. The zero-order valence-corrected chi connectivity index (χ0v) is 10.8. The number of benzene rings is 1. The van der Waals surface area contributed by atoms with E-state index in [1.807, 2.05) is 0 Å². The zero-order chi connectivity index (χ0) is 13.5. The van der Waals surface area contributed by atoms with Crippen LogP contribution in [0.2, 0.25) is 0 Å². The number of amides is 2. The lowest BCUT2D eigenvalue weighted by atomic mass is 9.84. The van der Waals surface area contributed by atoms with Crippen molar-refractivity contribution in [3.05, 3.63) is 29.8 Å². The lowest BCUT2D eigenvalue weighted by Crippen LogP contribution is -2.33. The predicted molar refractivity (Wildman–Crippen MR) is 69.2 cm³/mol. The summed E-state index contributed by atoms with van der Waals surface area (Å²) in [4.78, 5) is 25.9. The number of carbonyl (C=O) groups excluding carboxylic acids is 2. The van der Waals surface area contributed by atoms with Crippen molar-refractivity contribution < 1.29 is 14.7 Å². The Balaban J connectivity index is 1.84. The van der Waals surface area contributed by atoms with Gasteiger partial charge in [0.15, 0.2) is 0 Å². The number of phenols is 1. The number of aromatic hydroxyl groups is 1. The number of phenolic OH excluding ortho intramolecular Hbond substituents is 1. The van der Waals surface area contributed by atoms with E-state index in [-0.39, 0.29) is 24.1 Å². The maximum absolute atomic E-state index is 12.5. The average Bonchev–Trinajstić information content (AvgIpc) is 2.94. The van der Waals surface area contributed by atoms with Gasteiger partial charge in [0.05, 0.1) is 12.0 Å². The molecule has 19 heavy (non-hydrogen) atoms. The number of carbonyl (C=O) groups is 2. The molecule has 3 rings (SSSR count). The Labute approximate surface area is 112 Å². The van der Waals surface area contributed by atoms with Gasteiger partial charge in [0, 0.05) is 12.0 Å². The first-order valence-corrected chi connectivity index (χ1v) is 6.74. The Morgan fingerprint density at radius 3 is 2.53 bits per heavy atom. The first-order valence-electron chi connectivity index (χ1n) is 6.74. The second kappa shape index (κ2) is 4.37. The number of imide groups is 1. The van der Waals surface area contributed by atoms with Gasteiger partial charge in [0.2, 0.25) is 11.8 Å². The van der Waals surface area contributed by atoms with Crippen LogP contribution in [0.3, 0.4) is 0 Å². The Morgan fingerprint density at radius 2 is 1.84 bits per heavy atom. The molecule has 0 bridgehead atoms. The van der Waals surface area contributed by atoms with Crippen LogP contribution in [-0.2, 0) is 16.1 Å². The SMILES string of the molecule is O=C1CC2(CCCC2)C(=O)N1Cc1ccccc1O. The van der Waals surface area contributed by atoms with Crippen molar-refractivity contribution in [3.63, 3.8) is 0 Å². The van der Waals surface area contributed by atoms with Crippen LogP contribution >= 0.6 is 0 Å². The van der Waals surface area contributed by atoms with Gasteiger partial charge in [0.1, 0.15) is 5.75 Å². The molecular weight excluding hydrogens is 242 g/mol. The van der Waals surface area contributed by atoms with Crippen molar-refractivity contribution in [2.75, 3.05) is 0 Å². The van der Waals surface area contributed by atoms with E-state index in [0.717, 1.165) is 25.7 Å². The van der Waals surface area contributed by atoms with Crippen molar-refractivity contribution in [2.24, 2.45) is 5.41 Å². The smallest absolute Gasteiger partial charge is 0.236 e. The molecule has 0 unspecified atom stereocenters. The Morgan fingerprint density at radius 1 is 1.16 bits per heavy atom. The second-order valence-electron chi connectivity index (χ2n) is 5.58. The summed E-state index contributed by atoms with van der Waals surface area (Å²) in [5, 5.41) is 9.75. The Kier molecular flexibility index (Phi) is 2.81. The third kappa shape index (κ3) is 1.91. The third-order valence-corrected chi connectivity index (χ3v) is 4.37. The predicted octanol–water partition coefficient (Wildman–Crippen LogP) is 2.21. The Bertz CT molecular complexity index is 532. The van der Waals surface area contributed by atoms with Crippen LogP contribution in [0.5, 0.6) is 5.75 Å². The van der Waals surface area contributed by atoms with Crippen LogP contribution in [0, 0.1) is 5.41 Å². The van der Waals surface area contributed by atoms with Crippen molar-refractivity contribution in [3.8, 4) is 5.75 Å². The molecule has 1 aliphatic heterocycles. The molecule has 1 heterocycles. The number of likely N-dealkylation sites (tertiary alicyclic amines) is 1. The normalized spacial score (nSPS) is 21.6. The molecular formula is C15H17NO3. The molecule has 2 amide bonds. The number of hydrogen-bond acceptors (Lipinski definition) is 3. The minimum absolute atomic E-state index is 0.0433. The van der Waals surface area contributed by atoms with Crippen molar-refractivity contribution in [1.82, 2.24) is 4.90 Å². The molecule has 0 atom stereocenters. The molecule has 1 saturated carbocycles. The summed E-state index contributed by atoms with van der Waals surface area (Å²) in [7, 11) is 0. The fraction of sp³-hybridized carbons (Fsp3) is 0.467. The van der Waals surface area contributed by atoms with E-state index in [0.29, 0.717) is 12.0 Å². The highest BCUT2D eigenvalue weighted by molar-refractivity contribution is 6.06. The molecule has 1 aromatic rings. The van der Waals surface area contributed by atoms with E-state index in [1.54, 1.807) is 24.3 Å². The van der Waals surface area contributed by atoms with Crippen molar-refractivity contribution in [1.29, 1.82) is 0 Å². The van der Waals surface area contributed by atoms with Crippen LogP contribution in [-0.4, -0.2) is 21.8 Å². The molecule has 1 spiro atoms. The molecule has 2 aliphatic rings. The van der Waals surface area contributed by atoms with Gasteiger partial charge in [-0.05, 0) is 18.9 Å². The lowest BCUT2D eigenvalue weighted by molar-refractivity contribution is -0.142. The fourth-order valence-corrected chi connectivity index (χ4v) is 3.28. The van der Waals surface area contributed by atoms with Gasteiger partial charge in [-0.15, -0.1) is 0 Å². The van der Waals surface area contributed by atoms with Crippen molar-refractivity contribution in [2.45, 2.75) is 38.6 Å². The van der Waals surface area contributed by atoms with Crippen LogP contribution in [0.1, 0.15) is 37.7 Å². The van der Waals surface area contributed by atoms with Crippen molar-refractivity contribution >= 4 is 11.8 Å². The van der Waals surface area contributed by atoms with E-state index >= 15 is 0 Å². The van der Waals surface area contributed by atoms with Gasteiger partial charge in [-0.1, -0.05) is 31.0 Å². The quantitative estimate of drug-likeness (QED) is 0.828. The molecule has 1 aromatic carbocycles. The summed E-state index contributed by atoms with van der Waals surface area (Å²) in [5.41, 5.74) is 0.195. The highest BCUT2D eigenvalue weighted by Crippen LogP contribution is 2.47. The van der Waals surface area contributed by atoms with Gasteiger partial charge in [0.25, 0.3) is 0 Å². The maximum atomic E-state index is 12.5. The van der Waals surface area contributed by atoms with Crippen LogP contribution in [0.25, 0.3) is 0 Å². The van der Waals surface area contributed by atoms with Gasteiger partial charge in [-0.2, -0.15) is 0 Å². The molecule has 1 N–H and O–H groups in total. The third-order valence-electron chi connectivity index (χ3n) is 4.37. The van der Waals surface area contributed by atoms with Gasteiger partial charge < -0.3 is 5.11 Å². The fourth-order valence-electron chi connectivity index (χ4n) is 3.28. The number of rotatable bonds is 2. The van der Waals surface area contributed by atoms with E-state index < -0.39 is 5.41 Å². The zero-order valence-electron chi connectivity index (χ0n) is 10.8. The van der Waals surface area contributed by atoms with E-state index in [1.165, 1.54) is 4.90 Å². The monoisotopic (exact) mass is 259 g/mol. The van der Waals surface area contributed by atoms with E-state index in [4.69, 9.17) is 0 Å². The number of hydrogen-bond donors (Lipinski definition) is 1. The number of nitrogens with zero attached hydrogens (tertiary/aromatic N) is 1. The summed E-state index contributed by atoms with van der Waals surface area (Å²) in [6.45, 7) is 0.187. The molecule has 0 radical (unpaired) electrons. The first kappa shape index (κ1) is 12.2. The molecule has 100 valence electrons. The molecule has 1 aliphatic carbocycles. The highest BCUT2D eigenvalue weighted by atomic mass is 16.3. The lowest BCUT2D eigenvalue weighted by Gasteiger charge is -2.21. The summed E-state index contributed by atoms with van der Waals surface area (Å²) >= 11 is 0. The number of para-hydroxylation sites is 1. The second-order valence-corrected chi connectivity index (χ2v) is 5.58. The molecule has 1 saturated heterocycles. The molecule has 2 fully saturated rings. The van der Waals surface area contributed by atoms with E-state index in [2.05, 4.69) is 0 Å². The van der Waals surface area contributed by atoms with Crippen LogP contribution < -0.4 is 0 Å². The van der Waals surface area contributed by atoms with Gasteiger partial charge >= 0.3 is 0 Å². The Hall–Kier alpha value is -1.84. The minimum atomic E-state index is -0.429. The summed E-state index contributed by atoms with van der Waals surface area (Å²) < 4.78 is 0. The van der Waals surface area contributed by atoms with Crippen LogP contribution in [0.15, 0.2) is 24.3 Å². The summed E-state index contributed by atoms with van der Waals surface area (Å²) in [5.74, 6) is -0.0103. The molecule has 4 heteroatoms. The largest absolute Gasteiger partial charge is 0.508 e. The van der Waals surface area contributed by atoms with Gasteiger partial charge in [-0.3, -0.25) is 14.5 Å². The maximum Gasteiger partial charge on any atom is 0.236 e. The summed E-state index contributed by atoms with van der Waals surface area (Å²) in [6.07, 6.45) is 4.07. The minimum Gasteiger partial charge on any atom is -0.508 e. The highest BCUT2D eigenvalue weighted by Gasteiger charge is 2.52. The molecule has 4 nitrogen and oxygen atoms in total. The van der Waals surface area contributed by atoms with Crippen LogP contribution in [0.4, 0.5) is 0 Å².